The number of rotatable bonds is 9. The molecule has 48 heavy (non-hydrogen) atoms. The molecule has 1 amide bonds. The fraction of sp³-hybridized carbons (Fsp3) is 0.250. The minimum absolute atomic E-state index is 0.0551. The minimum Gasteiger partial charge on any atom is -0.473 e. The number of likely N-dealkylation sites (tertiary alicyclic amines) is 1. The number of amides is 1. The Morgan fingerprint density at radius 1 is 0.979 bits per heavy atom. The number of hydrogen-bond donors (Lipinski definition) is 0. The van der Waals surface area contributed by atoms with Crippen LogP contribution in [0.5, 0.6) is 5.88 Å². The SMILES string of the molecule is COC(=O)N1CCC[C@@H]1Cn1c(Cc2cc(F)c(-c3cccc(OCc4ccc(C#N)cc4F)n3)cc2F)nc2ccc(C(C)=O)cc21. The van der Waals surface area contributed by atoms with Crippen LogP contribution in [0.3, 0.4) is 0 Å². The first-order valence-electron chi connectivity index (χ1n) is 15.3. The summed E-state index contributed by atoms with van der Waals surface area (Å²) in [7, 11) is 1.33. The molecule has 1 saturated heterocycles. The fourth-order valence-electron chi connectivity index (χ4n) is 5.95. The molecule has 3 aromatic carbocycles. The van der Waals surface area contributed by atoms with Crippen molar-refractivity contribution in [2.45, 2.75) is 45.4 Å². The van der Waals surface area contributed by atoms with E-state index in [0.717, 1.165) is 31.0 Å². The zero-order valence-corrected chi connectivity index (χ0v) is 26.2. The van der Waals surface area contributed by atoms with E-state index in [1.54, 1.807) is 29.2 Å². The van der Waals surface area contributed by atoms with Gasteiger partial charge in [-0.3, -0.25) is 4.79 Å². The molecular formula is C36H30F3N5O4. The number of methoxy groups -OCH3 is 1. The van der Waals surface area contributed by atoms with Gasteiger partial charge in [-0.15, -0.1) is 0 Å². The average molecular weight is 654 g/mol. The van der Waals surface area contributed by atoms with E-state index in [0.29, 0.717) is 35.5 Å². The van der Waals surface area contributed by atoms with Crippen molar-refractivity contribution in [1.82, 2.24) is 19.4 Å². The molecule has 12 heteroatoms. The molecule has 9 nitrogen and oxygen atoms in total. The molecule has 0 N–H and O–H groups in total. The number of ether oxygens (including phenoxy) is 2. The first-order valence-corrected chi connectivity index (χ1v) is 15.3. The van der Waals surface area contributed by atoms with E-state index in [1.807, 2.05) is 10.6 Å². The van der Waals surface area contributed by atoms with Crippen LogP contribution < -0.4 is 4.74 Å². The number of carbonyl (C=O) groups excluding carboxylic acids is 2. The van der Waals surface area contributed by atoms with E-state index in [9.17, 15) is 14.0 Å². The second-order valence-electron chi connectivity index (χ2n) is 11.5. The predicted molar refractivity (Wildman–Crippen MR) is 170 cm³/mol. The molecule has 244 valence electrons. The lowest BCUT2D eigenvalue weighted by atomic mass is 10.0. The number of carbonyl (C=O) groups is 2. The summed E-state index contributed by atoms with van der Waals surface area (Å²) in [5.74, 6) is -1.62. The quantitative estimate of drug-likeness (QED) is 0.158. The number of hydrogen-bond acceptors (Lipinski definition) is 7. The number of benzene rings is 3. The highest BCUT2D eigenvalue weighted by molar-refractivity contribution is 5.97. The second kappa shape index (κ2) is 13.6. The molecule has 0 unspecified atom stereocenters. The van der Waals surface area contributed by atoms with Gasteiger partial charge in [0.2, 0.25) is 5.88 Å². The maximum Gasteiger partial charge on any atom is 0.409 e. The molecule has 3 heterocycles. The second-order valence-corrected chi connectivity index (χ2v) is 11.5. The Labute approximate surface area is 274 Å². The van der Waals surface area contributed by atoms with E-state index in [4.69, 9.17) is 19.7 Å². The number of imidazole rings is 1. The van der Waals surface area contributed by atoms with Crippen LogP contribution in [0.15, 0.2) is 66.7 Å². The molecule has 0 spiro atoms. The molecule has 1 atom stereocenters. The Bertz CT molecular complexity index is 2090. The van der Waals surface area contributed by atoms with Gasteiger partial charge in [-0.25, -0.2) is 27.9 Å². The third kappa shape index (κ3) is 6.57. The Kier molecular flexibility index (Phi) is 9.12. The number of ketones is 1. The summed E-state index contributed by atoms with van der Waals surface area (Å²) in [5.41, 5.74) is 2.17. The van der Waals surface area contributed by atoms with Gasteiger partial charge in [0.15, 0.2) is 5.78 Å². The summed E-state index contributed by atoms with van der Waals surface area (Å²) in [6.45, 7) is 2.14. The lowest BCUT2D eigenvalue weighted by Gasteiger charge is -2.24. The molecular weight excluding hydrogens is 623 g/mol. The molecule has 0 radical (unpaired) electrons. The molecule has 0 aliphatic carbocycles. The van der Waals surface area contributed by atoms with Gasteiger partial charge in [0.05, 0.1) is 41.5 Å². The van der Waals surface area contributed by atoms with Gasteiger partial charge < -0.3 is 18.9 Å². The van der Waals surface area contributed by atoms with Gasteiger partial charge in [0.1, 0.15) is 29.9 Å². The van der Waals surface area contributed by atoms with Crippen molar-refractivity contribution >= 4 is 22.9 Å². The first-order chi connectivity index (χ1) is 23.1. The number of nitrogens with zero attached hydrogens (tertiary/aromatic N) is 5. The molecule has 5 aromatic rings. The van der Waals surface area contributed by atoms with Crippen LogP contribution in [0.25, 0.3) is 22.3 Å². The van der Waals surface area contributed by atoms with Crippen LogP contribution in [0.4, 0.5) is 18.0 Å². The van der Waals surface area contributed by atoms with Crippen molar-refractivity contribution in [3.63, 3.8) is 0 Å². The van der Waals surface area contributed by atoms with Crippen LogP contribution in [0, 0.1) is 28.8 Å². The third-order valence-electron chi connectivity index (χ3n) is 8.46. The molecule has 1 aliphatic heterocycles. The van der Waals surface area contributed by atoms with Crippen LogP contribution in [-0.4, -0.2) is 51.0 Å². The summed E-state index contributed by atoms with van der Waals surface area (Å²) in [4.78, 5) is 35.3. The number of Topliss-reactive ketones (excluding diaryl/α,β-unsaturated/α-hetero) is 1. The van der Waals surface area contributed by atoms with E-state index in [1.165, 1.54) is 38.3 Å². The lowest BCUT2D eigenvalue weighted by Crippen LogP contribution is -2.38. The summed E-state index contributed by atoms with van der Waals surface area (Å²) in [5, 5.41) is 8.94. The Morgan fingerprint density at radius 2 is 1.79 bits per heavy atom. The minimum atomic E-state index is -0.719. The van der Waals surface area contributed by atoms with E-state index >= 15 is 8.78 Å². The Balaban J connectivity index is 1.28. The summed E-state index contributed by atoms with van der Waals surface area (Å²) >= 11 is 0. The Morgan fingerprint density at radius 3 is 2.54 bits per heavy atom. The van der Waals surface area contributed by atoms with E-state index in [2.05, 4.69) is 4.98 Å². The van der Waals surface area contributed by atoms with Crippen molar-refractivity contribution < 1.29 is 32.2 Å². The normalized spacial score (nSPS) is 14.2. The smallest absolute Gasteiger partial charge is 0.409 e. The molecule has 6 rings (SSSR count). The standard InChI is InChI=1S/C36H30F3N5O4/c1-21(45)23-10-11-32-33(15-23)44(19-26-5-4-12-43(26)36(46)47-2)34(41-32)16-25-14-30(39)27(17-29(25)38)31-6-3-7-35(42-31)48-20-24-9-8-22(18-40)13-28(24)37/h3,6-11,13-15,17,26H,4-5,12,16,19-20H2,1-2H3/t26-/m1/s1. The third-order valence-corrected chi connectivity index (χ3v) is 8.46. The van der Waals surface area contributed by atoms with Gasteiger partial charge in [-0.2, -0.15) is 5.26 Å². The van der Waals surface area contributed by atoms with Crippen molar-refractivity contribution in [2.24, 2.45) is 0 Å². The highest BCUT2D eigenvalue weighted by atomic mass is 19.1. The van der Waals surface area contributed by atoms with Crippen molar-refractivity contribution in [3.05, 3.63) is 112 Å². The van der Waals surface area contributed by atoms with Crippen molar-refractivity contribution in [1.29, 1.82) is 5.26 Å². The maximum atomic E-state index is 15.7. The molecule has 0 bridgehead atoms. The van der Waals surface area contributed by atoms with Gasteiger partial charge in [0.25, 0.3) is 0 Å². The molecule has 1 fully saturated rings. The van der Waals surface area contributed by atoms with E-state index < -0.39 is 23.5 Å². The zero-order valence-electron chi connectivity index (χ0n) is 26.2. The van der Waals surface area contributed by atoms with Gasteiger partial charge >= 0.3 is 6.09 Å². The molecule has 1 aliphatic rings. The van der Waals surface area contributed by atoms with Crippen LogP contribution in [0.2, 0.25) is 0 Å². The first kappa shape index (κ1) is 32.2. The number of aromatic nitrogens is 3. The fourth-order valence-corrected chi connectivity index (χ4v) is 5.95. The number of pyridine rings is 1. The van der Waals surface area contributed by atoms with Crippen LogP contribution in [0.1, 0.15) is 52.6 Å². The van der Waals surface area contributed by atoms with Crippen molar-refractivity contribution in [3.8, 4) is 23.2 Å². The highest BCUT2D eigenvalue weighted by Crippen LogP contribution is 2.30. The largest absolute Gasteiger partial charge is 0.473 e. The molecule has 2 aromatic heterocycles. The summed E-state index contributed by atoms with van der Waals surface area (Å²) in [6.07, 6.45) is 0.997. The predicted octanol–water partition coefficient (Wildman–Crippen LogP) is 6.99. The topological polar surface area (TPSA) is 110 Å². The van der Waals surface area contributed by atoms with Gasteiger partial charge in [0, 0.05) is 42.3 Å². The number of halogens is 3. The Hall–Kier alpha value is -5.70. The lowest BCUT2D eigenvalue weighted by molar-refractivity contribution is 0.101. The number of nitriles is 1. The average Bonchev–Trinajstić information content (AvgIpc) is 3.69. The van der Waals surface area contributed by atoms with Gasteiger partial charge in [-0.05, 0) is 73.9 Å². The highest BCUT2D eigenvalue weighted by Gasteiger charge is 2.31. The monoisotopic (exact) mass is 653 g/mol. The summed E-state index contributed by atoms with van der Waals surface area (Å²) in [6, 6.07) is 17.5. The zero-order chi connectivity index (χ0) is 33.9. The van der Waals surface area contributed by atoms with E-state index in [-0.39, 0.29) is 58.7 Å². The van der Waals surface area contributed by atoms with Crippen LogP contribution in [-0.2, 0) is 24.3 Å². The van der Waals surface area contributed by atoms with Gasteiger partial charge in [-0.1, -0.05) is 12.1 Å². The maximum absolute atomic E-state index is 15.7. The number of fused-ring (bicyclic) bond motifs is 1. The van der Waals surface area contributed by atoms with Crippen LogP contribution >= 0.6 is 0 Å². The van der Waals surface area contributed by atoms with Crippen molar-refractivity contribution in [2.75, 3.05) is 13.7 Å². The molecule has 0 saturated carbocycles. The summed E-state index contributed by atoms with van der Waals surface area (Å²) < 4.78 is 58.1.